The Bertz CT molecular complexity index is 637. The maximum Gasteiger partial charge on any atom is 0.115 e. The lowest BCUT2D eigenvalue weighted by Crippen LogP contribution is -2.32. The first kappa shape index (κ1) is 12.0. The van der Waals surface area contributed by atoms with Crippen LogP contribution in [0.2, 0.25) is 0 Å². The molecule has 3 unspecified atom stereocenters. The highest BCUT2D eigenvalue weighted by molar-refractivity contribution is 5.47. The topological polar surface area (TPSA) is 32.3 Å². The molecule has 2 aromatic rings. The Morgan fingerprint density at radius 3 is 2.70 bits per heavy atom. The smallest absolute Gasteiger partial charge is 0.115 e. The number of fused-ring (bicyclic) bond motifs is 3. The molecule has 2 nitrogen and oxygen atoms in total. The van der Waals surface area contributed by atoms with Crippen molar-refractivity contribution in [2.24, 2.45) is 5.92 Å². The van der Waals surface area contributed by atoms with Crippen LogP contribution in [0, 0.1) is 5.92 Å². The zero-order valence-electron chi connectivity index (χ0n) is 11.4. The SMILES string of the molecule is Oc1cccc(C2c3ccccc3C3NCCCC32)c1. The lowest BCUT2D eigenvalue weighted by atomic mass is 9.80. The summed E-state index contributed by atoms with van der Waals surface area (Å²) < 4.78 is 0. The summed E-state index contributed by atoms with van der Waals surface area (Å²) in [6.07, 6.45) is 2.50. The second-order valence-corrected chi connectivity index (χ2v) is 5.94. The lowest BCUT2D eigenvalue weighted by molar-refractivity contribution is 0.286. The largest absolute Gasteiger partial charge is 0.508 e. The van der Waals surface area contributed by atoms with E-state index in [0.29, 0.717) is 23.6 Å². The van der Waals surface area contributed by atoms with Crippen molar-refractivity contribution in [3.8, 4) is 5.75 Å². The van der Waals surface area contributed by atoms with Crippen LogP contribution in [0.4, 0.5) is 0 Å². The Labute approximate surface area is 119 Å². The fourth-order valence-corrected chi connectivity index (χ4v) is 4.07. The van der Waals surface area contributed by atoms with Crippen LogP contribution < -0.4 is 5.32 Å². The van der Waals surface area contributed by atoms with E-state index in [4.69, 9.17) is 0 Å². The monoisotopic (exact) mass is 265 g/mol. The highest BCUT2D eigenvalue weighted by Crippen LogP contribution is 2.51. The summed E-state index contributed by atoms with van der Waals surface area (Å²) in [5, 5.41) is 13.5. The number of hydrogen-bond acceptors (Lipinski definition) is 2. The minimum absolute atomic E-state index is 0.368. The van der Waals surface area contributed by atoms with E-state index >= 15 is 0 Å². The van der Waals surface area contributed by atoms with Gasteiger partial charge in [0.25, 0.3) is 0 Å². The maximum absolute atomic E-state index is 9.80. The van der Waals surface area contributed by atoms with Gasteiger partial charge in [-0.1, -0.05) is 36.4 Å². The van der Waals surface area contributed by atoms with Gasteiger partial charge in [0.05, 0.1) is 0 Å². The Kier molecular flexibility index (Phi) is 2.78. The maximum atomic E-state index is 9.80. The van der Waals surface area contributed by atoms with E-state index in [-0.39, 0.29) is 0 Å². The molecule has 0 radical (unpaired) electrons. The zero-order chi connectivity index (χ0) is 13.5. The third-order valence-corrected chi connectivity index (χ3v) is 4.83. The van der Waals surface area contributed by atoms with Gasteiger partial charge >= 0.3 is 0 Å². The van der Waals surface area contributed by atoms with Crippen LogP contribution in [0.5, 0.6) is 5.75 Å². The number of phenolic OH excluding ortho intramolecular Hbond substituents is 1. The Balaban J connectivity index is 1.85. The zero-order valence-corrected chi connectivity index (χ0v) is 11.4. The second-order valence-electron chi connectivity index (χ2n) is 5.94. The third kappa shape index (κ3) is 1.75. The molecule has 20 heavy (non-hydrogen) atoms. The molecule has 2 aliphatic rings. The van der Waals surface area contributed by atoms with Crippen LogP contribution in [0.15, 0.2) is 48.5 Å². The van der Waals surface area contributed by atoms with E-state index in [0.717, 1.165) is 6.54 Å². The van der Waals surface area contributed by atoms with Crippen molar-refractivity contribution >= 4 is 0 Å². The molecule has 2 aromatic carbocycles. The van der Waals surface area contributed by atoms with Crippen LogP contribution in [0.25, 0.3) is 0 Å². The van der Waals surface area contributed by atoms with Crippen LogP contribution >= 0.6 is 0 Å². The molecule has 1 aliphatic heterocycles. The average molecular weight is 265 g/mol. The van der Waals surface area contributed by atoms with Crippen LogP contribution in [0.1, 0.15) is 41.5 Å². The van der Waals surface area contributed by atoms with Crippen molar-refractivity contribution in [1.29, 1.82) is 0 Å². The molecule has 4 rings (SSSR count). The molecule has 0 amide bonds. The normalized spacial score (nSPS) is 27.9. The van der Waals surface area contributed by atoms with E-state index in [1.54, 1.807) is 6.07 Å². The minimum atomic E-state index is 0.368. The van der Waals surface area contributed by atoms with Crippen molar-refractivity contribution in [3.63, 3.8) is 0 Å². The van der Waals surface area contributed by atoms with Crippen molar-refractivity contribution in [2.45, 2.75) is 24.8 Å². The number of aromatic hydroxyl groups is 1. The van der Waals surface area contributed by atoms with E-state index in [1.165, 1.54) is 29.5 Å². The molecule has 1 aliphatic carbocycles. The Hall–Kier alpha value is -1.80. The fourth-order valence-electron chi connectivity index (χ4n) is 4.07. The van der Waals surface area contributed by atoms with Gasteiger partial charge in [-0.25, -0.2) is 0 Å². The number of piperidine rings is 1. The number of benzene rings is 2. The molecule has 1 saturated heterocycles. The van der Waals surface area contributed by atoms with E-state index < -0.39 is 0 Å². The first-order valence-electron chi connectivity index (χ1n) is 7.46. The van der Waals surface area contributed by atoms with Gasteiger partial charge in [0.2, 0.25) is 0 Å². The summed E-state index contributed by atoms with van der Waals surface area (Å²) in [6, 6.07) is 17.0. The molecular formula is C18H19NO. The molecule has 1 heterocycles. The van der Waals surface area contributed by atoms with Crippen molar-refractivity contribution in [2.75, 3.05) is 6.54 Å². The molecule has 3 atom stereocenters. The standard InChI is InChI=1S/C18H19NO/c20-13-6-3-5-12(11-13)17-14-7-1-2-8-15(14)18-16(17)9-4-10-19-18/h1-3,5-8,11,16-20H,4,9-10H2. The van der Waals surface area contributed by atoms with Gasteiger partial charge in [0, 0.05) is 12.0 Å². The molecule has 2 N–H and O–H groups in total. The number of nitrogens with one attached hydrogen (secondary N) is 1. The minimum Gasteiger partial charge on any atom is -0.508 e. The van der Waals surface area contributed by atoms with E-state index in [2.05, 4.69) is 35.6 Å². The number of hydrogen-bond donors (Lipinski definition) is 2. The Morgan fingerprint density at radius 2 is 1.85 bits per heavy atom. The van der Waals surface area contributed by atoms with Gasteiger partial charge in [-0.2, -0.15) is 0 Å². The predicted molar refractivity (Wildman–Crippen MR) is 79.9 cm³/mol. The van der Waals surface area contributed by atoms with Crippen LogP contribution in [-0.4, -0.2) is 11.7 Å². The van der Waals surface area contributed by atoms with Crippen LogP contribution in [-0.2, 0) is 0 Å². The molecule has 2 heteroatoms. The quantitative estimate of drug-likeness (QED) is 0.826. The van der Waals surface area contributed by atoms with Gasteiger partial charge in [-0.3, -0.25) is 0 Å². The summed E-state index contributed by atoms with van der Waals surface area (Å²) in [7, 11) is 0. The highest BCUT2D eigenvalue weighted by Gasteiger charge is 2.42. The van der Waals surface area contributed by atoms with Gasteiger partial charge in [0.1, 0.15) is 5.75 Å². The van der Waals surface area contributed by atoms with E-state index in [1.807, 2.05) is 12.1 Å². The molecule has 1 fully saturated rings. The summed E-state index contributed by atoms with van der Waals surface area (Å²) in [5.74, 6) is 1.39. The first-order valence-corrected chi connectivity index (χ1v) is 7.46. The van der Waals surface area contributed by atoms with Gasteiger partial charge < -0.3 is 10.4 Å². The lowest BCUT2D eigenvalue weighted by Gasteiger charge is -2.31. The fraction of sp³-hybridized carbons (Fsp3) is 0.333. The van der Waals surface area contributed by atoms with Crippen molar-refractivity contribution in [3.05, 3.63) is 65.2 Å². The summed E-state index contributed by atoms with van der Waals surface area (Å²) >= 11 is 0. The molecule has 0 bridgehead atoms. The second kappa shape index (κ2) is 4.64. The predicted octanol–water partition coefficient (Wildman–Crippen LogP) is 3.58. The summed E-state index contributed by atoms with van der Waals surface area (Å²) in [5.41, 5.74) is 4.13. The van der Waals surface area contributed by atoms with Gasteiger partial charge in [-0.15, -0.1) is 0 Å². The van der Waals surface area contributed by atoms with Crippen molar-refractivity contribution in [1.82, 2.24) is 5.32 Å². The number of rotatable bonds is 1. The molecule has 0 aromatic heterocycles. The van der Waals surface area contributed by atoms with Gasteiger partial charge in [-0.05, 0) is 54.1 Å². The van der Waals surface area contributed by atoms with Crippen LogP contribution in [0.3, 0.4) is 0 Å². The van der Waals surface area contributed by atoms with E-state index in [9.17, 15) is 5.11 Å². The van der Waals surface area contributed by atoms with Gasteiger partial charge in [0.15, 0.2) is 0 Å². The number of phenols is 1. The first-order chi connectivity index (χ1) is 9.84. The highest BCUT2D eigenvalue weighted by atomic mass is 16.3. The average Bonchev–Trinajstić information content (AvgIpc) is 2.82. The summed E-state index contributed by atoms with van der Waals surface area (Å²) in [4.78, 5) is 0. The Morgan fingerprint density at radius 1 is 1.00 bits per heavy atom. The molecular weight excluding hydrogens is 246 g/mol. The third-order valence-electron chi connectivity index (χ3n) is 4.83. The molecule has 0 spiro atoms. The van der Waals surface area contributed by atoms with Crippen molar-refractivity contribution < 1.29 is 5.11 Å². The molecule has 102 valence electrons. The molecule has 0 saturated carbocycles. The summed E-state index contributed by atoms with van der Waals surface area (Å²) in [6.45, 7) is 1.11.